The molecule has 27 heavy (non-hydrogen) atoms. The van der Waals surface area contributed by atoms with E-state index in [1.54, 1.807) is 18.1 Å². The third-order valence-electron chi connectivity index (χ3n) is 4.56. The zero-order valence-electron chi connectivity index (χ0n) is 16.1. The normalized spacial score (nSPS) is 10.6. The van der Waals surface area contributed by atoms with Crippen molar-refractivity contribution < 1.29 is 9.53 Å². The van der Waals surface area contributed by atoms with Crippen molar-refractivity contribution in [1.29, 1.82) is 0 Å². The number of para-hydroxylation sites is 2. The van der Waals surface area contributed by atoms with E-state index in [-0.39, 0.29) is 5.91 Å². The van der Waals surface area contributed by atoms with Gasteiger partial charge in [0.05, 0.1) is 29.7 Å². The average molecular weight is 363 g/mol. The Morgan fingerprint density at radius 1 is 1.11 bits per heavy atom. The van der Waals surface area contributed by atoms with Gasteiger partial charge in [0.15, 0.2) is 0 Å². The van der Waals surface area contributed by atoms with Gasteiger partial charge in [0.25, 0.3) is 5.91 Å². The van der Waals surface area contributed by atoms with Gasteiger partial charge in [0.2, 0.25) is 0 Å². The van der Waals surface area contributed by atoms with Crippen LogP contribution < -0.4 is 4.74 Å². The minimum Gasteiger partial charge on any atom is -0.491 e. The van der Waals surface area contributed by atoms with E-state index in [0.717, 1.165) is 29.1 Å². The summed E-state index contributed by atoms with van der Waals surface area (Å²) in [5.74, 6) is 0.812. The summed E-state index contributed by atoms with van der Waals surface area (Å²) in [4.78, 5) is 14.6. The van der Waals surface area contributed by atoms with Crippen LogP contribution in [0.5, 0.6) is 5.75 Å². The fraction of sp³-hybridized carbons (Fsp3) is 0.273. The van der Waals surface area contributed by atoms with Gasteiger partial charge in [-0.25, -0.2) is 4.68 Å². The summed E-state index contributed by atoms with van der Waals surface area (Å²) in [6.07, 6.45) is 2.39. The first-order chi connectivity index (χ1) is 13.1. The Morgan fingerprint density at radius 2 is 1.81 bits per heavy atom. The van der Waals surface area contributed by atoms with Gasteiger partial charge >= 0.3 is 0 Å². The number of amides is 1. The Kier molecular flexibility index (Phi) is 5.91. The second-order valence-electron chi connectivity index (χ2n) is 6.45. The molecule has 0 aliphatic heterocycles. The third kappa shape index (κ3) is 4.19. The first-order valence-corrected chi connectivity index (χ1v) is 9.18. The summed E-state index contributed by atoms with van der Waals surface area (Å²) >= 11 is 0. The number of hydrogen-bond acceptors (Lipinski definition) is 3. The highest BCUT2D eigenvalue weighted by Gasteiger charge is 2.20. The molecule has 0 atom stereocenters. The molecule has 1 aromatic heterocycles. The number of carbonyl (C=O) groups is 1. The predicted molar refractivity (Wildman–Crippen MR) is 107 cm³/mol. The van der Waals surface area contributed by atoms with Gasteiger partial charge in [-0.2, -0.15) is 5.10 Å². The molecule has 0 fully saturated rings. The number of carbonyl (C=O) groups excluding carboxylic acids is 1. The maximum absolute atomic E-state index is 12.9. The van der Waals surface area contributed by atoms with Crippen LogP contribution in [0.2, 0.25) is 0 Å². The minimum atomic E-state index is -0.0394. The summed E-state index contributed by atoms with van der Waals surface area (Å²) in [7, 11) is 1.79. The van der Waals surface area contributed by atoms with Gasteiger partial charge in [0, 0.05) is 7.05 Å². The van der Waals surface area contributed by atoms with E-state index < -0.39 is 0 Å². The van der Waals surface area contributed by atoms with Crippen LogP contribution in [-0.2, 0) is 6.42 Å². The highest BCUT2D eigenvalue weighted by atomic mass is 16.5. The van der Waals surface area contributed by atoms with Gasteiger partial charge in [-0.05, 0) is 37.1 Å². The Hall–Kier alpha value is -3.08. The van der Waals surface area contributed by atoms with Crippen molar-refractivity contribution in [1.82, 2.24) is 14.7 Å². The van der Waals surface area contributed by atoms with Crippen molar-refractivity contribution in [2.45, 2.75) is 20.3 Å². The van der Waals surface area contributed by atoms with Crippen LogP contribution in [-0.4, -0.2) is 40.8 Å². The van der Waals surface area contributed by atoms with Crippen LogP contribution in [0.3, 0.4) is 0 Å². The molecule has 0 spiro atoms. The summed E-state index contributed by atoms with van der Waals surface area (Å²) in [6, 6.07) is 17.7. The third-order valence-corrected chi connectivity index (χ3v) is 4.56. The largest absolute Gasteiger partial charge is 0.491 e. The summed E-state index contributed by atoms with van der Waals surface area (Å²) in [6.45, 7) is 5.00. The molecule has 0 N–H and O–H groups in total. The van der Waals surface area contributed by atoms with Crippen molar-refractivity contribution in [3.8, 4) is 11.4 Å². The number of aryl methyl sites for hydroxylation is 1. The molecule has 0 aliphatic carbocycles. The molecule has 1 amide bonds. The molecule has 140 valence electrons. The fourth-order valence-corrected chi connectivity index (χ4v) is 3.00. The van der Waals surface area contributed by atoms with Gasteiger partial charge in [-0.15, -0.1) is 0 Å². The molecule has 5 nitrogen and oxygen atoms in total. The molecule has 0 unspecified atom stereocenters. The van der Waals surface area contributed by atoms with E-state index in [9.17, 15) is 4.79 Å². The second-order valence-corrected chi connectivity index (χ2v) is 6.45. The van der Waals surface area contributed by atoms with Crippen LogP contribution >= 0.6 is 0 Å². The molecule has 0 bridgehead atoms. The fourth-order valence-electron chi connectivity index (χ4n) is 3.00. The van der Waals surface area contributed by atoms with Crippen molar-refractivity contribution in [3.63, 3.8) is 0 Å². The van der Waals surface area contributed by atoms with Crippen molar-refractivity contribution in [2.75, 3.05) is 20.2 Å². The maximum atomic E-state index is 12.9. The lowest BCUT2D eigenvalue weighted by Gasteiger charge is -2.18. The molecule has 0 saturated carbocycles. The summed E-state index contributed by atoms with van der Waals surface area (Å²) in [5.41, 5.74) is 3.60. The number of likely N-dealkylation sites (N-methyl/N-ethyl adjacent to an activating group) is 1. The zero-order valence-corrected chi connectivity index (χ0v) is 16.1. The number of aromatic nitrogens is 2. The molecular weight excluding hydrogens is 338 g/mol. The van der Waals surface area contributed by atoms with E-state index in [2.05, 4.69) is 5.10 Å². The standard InChI is InChI=1S/C22H25N3O2/c1-4-20-19(16-23-25(20)18-11-6-5-7-12-18)22(26)24(3)14-15-27-21-13-9-8-10-17(21)2/h5-13,16H,4,14-15H2,1-3H3. The number of hydrogen-bond donors (Lipinski definition) is 0. The van der Waals surface area contributed by atoms with E-state index >= 15 is 0 Å². The quantitative estimate of drug-likeness (QED) is 0.640. The monoisotopic (exact) mass is 363 g/mol. The lowest BCUT2D eigenvalue weighted by Crippen LogP contribution is -2.31. The summed E-state index contributed by atoms with van der Waals surface area (Å²) < 4.78 is 7.65. The second kappa shape index (κ2) is 8.54. The number of benzene rings is 2. The van der Waals surface area contributed by atoms with E-state index in [0.29, 0.717) is 18.7 Å². The van der Waals surface area contributed by atoms with Crippen molar-refractivity contribution >= 4 is 5.91 Å². The van der Waals surface area contributed by atoms with Crippen LogP contribution in [0.15, 0.2) is 60.8 Å². The van der Waals surface area contributed by atoms with E-state index in [1.165, 1.54) is 0 Å². The molecule has 2 aromatic carbocycles. The summed E-state index contributed by atoms with van der Waals surface area (Å²) in [5, 5.41) is 4.44. The highest BCUT2D eigenvalue weighted by molar-refractivity contribution is 5.95. The van der Waals surface area contributed by atoms with Crippen LogP contribution in [0.4, 0.5) is 0 Å². The Bertz CT molecular complexity index is 903. The van der Waals surface area contributed by atoms with Crippen molar-refractivity contribution in [3.05, 3.63) is 77.6 Å². The van der Waals surface area contributed by atoms with Gasteiger partial charge in [-0.3, -0.25) is 4.79 Å². The molecule has 0 aliphatic rings. The minimum absolute atomic E-state index is 0.0394. The molecular formula is C22H25N3O2. The van der Waals surface area contributed by atoms with Crippen LogP contribution in [0.1, 0.15) is 28.5 Å². The molecule has 0 saturated heterocycles. The number of rotatable bonds is 7. The molecule has 0 radical (unpaired) electrons. The van der Waals surface area contributed by atoms with E-state index in [4.69, 9.17) is 4.74 Å². The Morgan fingerprint density at radius 3 is 2.52 bits per heavy atom. The van der Waals surface area contributed by atoms with Gasteiger partial charge in [-0.1, -0.05) is 43.3 Å². The average Bonchev–Trinajstić information content (AvgIpc) is 3.13. The van der Waals surface area contributed by atoms with Gasteiger partial charge in [0.1, 0.15) is 12.4 Å². The highest BCUT2D eigenvalue weighted by Crippen LogP contribution is 2.18. The molecule has 5 heteroatoms. The van der Waals surface area contributed by atoms with E-state index in [1.807, 2.05) is 73.1 Å². The zero-order chi connectivity index (χ0) is 19.2. The van der Waals surface area contributed by atoms with Crippen molar-refractivity contribution in [2.24, 2.45) is 0 Å². The predicted octanol–water partition coefficient (Wildman–Crippen LogP) is 3.89. The molecule has 1 heterocycles. The van der Waals surface area contributed by atoms with Gasteiger partial charge < -0.3 is 9.64 Å². The topological polar surface area (TPSA) is 47.4 Å². The SMILES string of the molecule is CCc1c(C(=O)N(C)CCOc2ccccc2C)cnn1-c1ccccc1. The Labute approximate surface area is 160 Å². The smallest absolute Gasteiger partial charge is 0.257 e. The number of nitrogens with zero attached hydrogens (tertiary/aromatic N) is 3. The van der Waals surface area contributed by atoms with Crippen LogP contribution in [0, 0.1) is 6.92 Å². The first-order valence-electron chi connectivity index (χ1n) is 9.18. The molecule has 3 rings (SSSR count). The lowest BCUT2D eigenvalue weighted by atomic mass is 10.1. The molecule has 3 aromatic rings. The lowest BCUT2D eigenvalue weighted by molar-refractivity contribution is 0.0772. The van der Waals surface area contributed by atoms with Crippen LogP contribution in [0.25, 0.3) is 5.69 Å². The first kappa shape index (κ1) is 18.7. The maximum Gasteiger partial charge on any atom is 0.257 e. The Balaban J connectivity index is 1.68. The number of ether oxygens (including phenoxy) is 1.